The van der Waals surface area contributed by atoms with E-state index in [1.807, 2.05) is 6.07 Å². The molecular weight excluding hydrogens is 332 g/mol. The van der Waals surface area contributed by atoms with Crippen LogP contribution in [0.2, 0.25) is 0 Å². The van der Waals surface area contributed by atoms with Crippen LogP contribution in [-0.4, -0.2) is 43.6 Å². The van der Waals surface area contributed by atoms with Gasteiger partial charge in [-0.25, -0.2) is 4.79 Å². The Morgan fingerprint density at radius 1 is 1.19 bits per heavy atom. The van der Waals surface area contributed by atoms with E-state index < -0.39 is 5.97 Å². The smallest absolute Gasteiger partial charge is 0.349 e. The number of ether oxygens (including phenoxy) is 2. The van der Waals surface area contributed by atoms with Crippen molar-refractivity contribution in [3.8, 4) is 11.8 Å². The molecule has 1 amide bonds. The molecule has 0 aliphatic carbocycles. The third-order valence-electron chi connectivity index (χ3n) is 4.28. The first-order valence-electron chi connectivity index (χ1n) is 8.85. The van der Waals surface area contributed by atoms with Gasteiger partial charge in [0.25, 0.3) is 5.91 Å². The maximum atomic E-state index is 12.3. The zero-order valence-electron chi connectivity index (χ0n) is 15.1. The van der Waals surface area contributed by atoms with E-state index in [0.717, 1.165) is 25.7 Å². The third kappa shape index (κ3) is 5.92. The first-order valence-corrected chi connectivity index (χ1v) is 8.85. The molecule has 0 N–H and O–H groups in total. The lowest BCUT2D eigenvalue weighted by atomic mass is 10.1. The molecule has 0 unspecified atom stereocenters. The number of carbonyl (C=O) groups is 2. The van der Waals surface area contributed by atoms with Crippen LogP contribution in [0.3, 0.4) is 0 Å². The Bertz CT molecular complexity index is 698. The topological polar surface area (TPSA) is 79.6 Å². The fourth-order valence-corrected chi connectivity index (χ4v) is 2.83. The van der Waals surface area contributed by atoms with Crippen molar-refractivity contribution in [1.29, 1.82) is 5.26 Å². The van der Waals surface area contributed by atoms with E-state index in [1.165, 1.54) is 12.5 Å². The van der Waals surface area contributed by atoms with Crippen LogP contribution < -0.4 is 4.74 Å². The van der Waals surface area contributed by atoms with Gasteiger partial charge < -0.3 is 14.4 Å². The largest absolute Gasteiger partial charge is 0.497 e. The molecule has 1 aromatic rings. The zero-order chi connectivity index (χ0) is 18.8. The number of likely N-dealkylation sites (tertiary alicyclic amines) is 1. The van der Waals surface area contributed by atoms with E-state index >= 15 is 0 Å². The molecule has 0 radical (unpaired) electrons. The Hall–Kier alpha value is -2.81. The van der Waals surface area contributed by atoms with Gasteiger partial charge in [0.15, 0.2) is 6.61 Å². The second-order valence-electron chi connectivity index (χ2n) is 6.17. The summed E-state index contributed by atoms with van der Waals surface area (Å²) in [6.45, 7) is 1.05. The van der Waals surface area contributed by atoms with Crippen LogP contribution in [0.15, 0.2) is 29.8 Å². The minimum atomic E-state index is -0.796. The van der Waals surface area contributed by atoms with Crippen LogP contribution in [-0.2, 0) is 14.3 Å². The van der Waals surface area contributed by atoms with Crippen molar-refractivity contribution in [2.45, 2.75) is 32.1 Å². The molecular formula is C20H24N2O4. The van der Waals surface area contributed by atoms with Crippen molar-refractivity contribution in [1.82, 2.24) is 4.90 Å². The molecule has 0 atom stereocenters. The fourth-order valence-electron chi connectivity index (χ4n) is 2.83. The highest BCUT2D eigenvalue weighted by atomic mass is 16.5. The summed E-state index contributed by atoms with van der Waals surface area (Å²) in [6.07, 6.45) is 6.80. The highest BCUT2D eigenvalue weighted by molar-refractivity contribution is 5.98. The maximum absolute atomic E-state index is 12.3. The van der Waals surface area contributed by atoms with Crippen LogP contribution in [0.4, 0.5) is 0 Å². The molecule has 1 heterocycles. The van der Waals surface area contributed by atoms with E-state index in [0.29, 0.717) is 24.4 Å². The first kappa shape index (κ1) is 19.5. The molecule has 0 aromatic heterocycles. The molecule has 6 nitrogen and oxygen atoms in total. The number of amides is 1. The number of hydrogen-bond donors (Lipinski definition) is 0. The summed E-state index contributed by atoms with van der Waals surface area (Å²) in [5, 5.41) is 9.22. The van der Waals surface area contributed by atoms with Gasteiger partial charge in [0.05, 0.1) is 7.11 Å². The molecule has 1 aliphatic heterocycles. The van der Waals surface area contributed by atoms with Gasteiger partial charge >= 0.3 is 5.97 Å². The lowest BCUT2D eigenvalue weighted by Crippen LogP contribution is -2.37. The number of methoxy groups -OCH3 is 1. The van der Waals surface area contributed by atoms with Crippen molar-refractivity contribution >= 4 is 18.0 Å². The lowest BCUT2D eigenvalue weighted by molar-refractivity contribution is -0.148. The number of hydrogen-bond acceptors (Lipinski definition) is 5. The number of nitriles is 1. The van der Waals surface area contributed by atoms with E-state index in [2.05, 4.69) is 0 Å². The summed E-state index contributed by atoms with van der Waals surface area (Å²) >= 11 is 0. The monoisotopic (exact) mass is 356 g/mol. The lowest BCUT2D eigenvalue weighted by Gasteiger charge is -2.24. The summed E-state index contributed by atoms with van der Waals surface area (Å²) in [7, 11) is 1.54. The van der Waals surface area contributed by atoms with Gasteiger partial charge in [-0.15, -0.1) is 0 Å². The second kappa shape index (κ2) is 10.2. The average Bonchev–Trinajstić information content (AvgIpc) is 2.63. The summed E-state index contributed by atoms with van der Waals surface area (Å²) < 4.78 is 10.2. The highest BCUT2D eigenvalue weighted by Crippen LogP contribution is 2.16. The van der Waals surface area contributed by atoms with E-state index in [1.54, 1.807) is 36.3 Å². The standard InChI is InChI=1S/C20H24N2O4/c1-25-18-9-7-8-16(13-18)12-17(14-21)20(24)26-15-19(23)22-10-5-3-2-4-6-11-22/h7-9,12-13H,2-6,10-11,15H2,1H3/b17-12+. The summed E-state index contributed by atoms with van der Waals surface area (Å²) in [5.74, 6) is -0.383. The Kier molecular flexibility index (Phi) is 7.69. The summed E-state index contributed by atoms with van der Waals surface area (Å²) in [6, 6.07) is 8.81. The molecule has 1 aromatic carbocycles. The van der Waals surface area contributed by atoms with E-state index in [-0.39, 0.29) is 18.1 Å². The van der Waals surface area contributed by atoms with Crippen LogP contribution in [0.25, 0.3) is 6.08 Å². The molecule has 6 heteroatoms. The maximum Gasteiger partial charge on any atom is 0.349 e. The van der Waals surface area contributed by atoms with Crippen LogP contribution in [0.5, 0.6) is 5.75 Å². The fraction of sp³-hybridized carbons (Fsp3) is 0.450. The molecule has 138 valence electrons. The minimum absolute atomic E-state index is 0.154. The van der Waals surface area contributed by atoms with Gasteiger partial charge in [0.2, 0.25) is 0 Å². The highest BCUT2D eigenvalue weighted by Gasteiger charge is 2.18. The van der Waals surface area contributed by atoms with Crippen molar-refractivity contribution in [2.75, 3.05) is 26.8 Å². The van der Waals surface area contributed by atoms with Gasteiger partial charge in [-0.2, -0.15) is 5.26 Å². The third-order valence-corrected chi connectivity index (χ3v) is 4.28. The van der Waals surface area contributed by atoms with Gasteiger partial charge in [0.1, 0.15) is 17.4 Å². The molecule has 1 aliphatic rings. The molecule has 0 spiro atoms. The van der Waals surface area contributed by atoms with Crippen LogP contribution >= 0.6 is 0 Å². The molecule has 1 fully saturated rings. The summed E-state index contributed by atoms with van der Waals surface area (Å²) in [5.41, 5.74) is 0.492. The predicted octanol–water partition coefficient (Wildman–Crippen LogP) is 2.94. The number of rotatable bonds is 5. The quantitative estimate of drug-likeness (QED) is 0.460. The Labute approximate surface area is 154 Å². The van der Waals surface area contributed by atoms with Gasteiger partial charge in [0, 0.05) is 13.1 Å². The van der Waals surface area contributed by atoms with E-state index in [4.69, 9.17) is 9.47 Å². The van der Waals surface area contributed by atoms with Crippen molar-refractivity contribution in [3.05, 3.63) is 35.4 Å². The Balaban J connectivity index is 1.94. The van der Waals surface area contributed by atoms with Crippen molar-refractivity contribution < 1.29 is 19.1 Å². The average molecular weight is 356 g/mol. The minimum Gasteiger partial charge on any atom is -0.497 e. The van der Waals surface area contributed by atoms with E-state index in [9.17, 15) is 14.9 Å². The number of carbonyl (C=O) groups excluding carboxylic acids is 2. The van der Waals surface area contributed by atoms with Gasteiger partial charge in [-0.05, 0) is 36.6 Å². The first-order chi connectivity index (χ1) is 12.6. The normalized spacial score (nSPS) is 15.4. The van der Waals surface area contributed by atoms with Crippen molar-refractivity contribution in [3.63, 3.8) is 0 Å². The molecule has 0 saturated carbocycles. The SMILES string of the molecule is COc1cccc(/C=C(\C#N)C(=O)OCC(=O)N2CCCCCCC2)c1. The number of esters is 1. The van der Waals surface area contributed by atoms with Crippen LogP contribution in [0.1, 0.15) is 37.7 Å². The van der Waals surface area contributed by atoms with Crippen molar-refractivity contribution in [2.24, 2.45) is 0 Å². The van der Waals surface area contributed by atoms with Gasteiger partial charge in [-0.1, -0.05) is 31.4 Å². The summed E-state index contributed by atoms with van der Waals surface area (Å²) in [4.78, 5) is 26.1. The van der Waals surface area contributed by atoms with Crippen LogP contribution in [0, 0.1) is 11.3 Å². The Morgan fingerprint density at radius 2 is 1.88 bits per heavy atom. The van der Waals surface area contributed by atoms with Gasteiger partial charge in [-0.3, -0.25) is 4.79 Å². The molecule has 1 saturated heterocycles. The zero-order valence-corrected chi connectivity index (χ0v) is 15.1. The number of benzene rings is 1. The number of nitrogens with zero attached hydrogens (tertiary/aromatic N) is 2. The Morgan fingerprint density at radius 3 is 2.54 bits per heavy atom. The molecule has 2 rings (SSSR count). The predicted molar refractivity (Wildman–Crippen MR) is 97.2 cm³/mol. The molecule has 0 bridgehead atoms. The second-order valence-corrected chi connectivity index (χ2v) is 6.17. The molecule has 26 heavy (non-hydrogen) atoms.